The van der Waals surface area contributed by atoms with Gasteiger partial charge in [0, 0.05) is 5.92 Å². The Bertz CT molecular complexity index is 291. The maximum atomic E-state index is 10.7. The topological polar surface area (TPSA) is 110 Å². The van der Waals surface area contributed by atoms with Gasteiger partial charge in [-0.1, -0.05) is 0 Å². The van der Waals surface area contributed by atoms with E-state index in [1.165, 1.54) is 0 Å². The number of nitrogens with two attached hydrogens (primary N) is 1. The Kier molecular flexibility index (Phi) is 1.44. The number of carboxylic acid groups (broad SMARTS) is 2. The molecule has 6 nitrogen and oxygen atoms in total. The number of carbonyl (C=O) groups is 2. The van der Waals surface area contributed by atoms with Crippen LogP contribution in [0.5, 0.6) is 0 Å². The zero-order valence-corrected chi connectivity index (χ0v) is 6.64. The summed E-state index contributed by atoms with van der Waals surface area (Å²) in [5.41, 5.74) is 4.02. The molecule has 4 N–H and O–H groups in total. The molecule has 2 fully saturated rings. The molecule has 13 heavy (non-hydrogen) atoms. The first-order valence-electron chi connectivity index (χ1n) is 3.85. The van der Waals surface area contributed by atoms with Gasteiger partial charge in [-0.3, -0.25) is 9.59 Å². The summed E-state index contributed by atoms with van der Waals surface area (Å²) in [6, 6.07) is 0. The van der Waals surface area contributed by atoms with Gasteiger partial charge in [-0.25, -0.2) is 0 Å². The van der Waals surface area contributed by atoms with E-state index >= 15 is 0 Å². The van der Waals surface area contributed by atoms with Crippen molar-refractivity contribution in [3.05, 3.63) is 0 Å². The first kappa shape index (κ1) is 8.46. The summed E-state index contributed by atoms with van der Waals surface area (Å²) in [5.74, 6) is -3.54. The number of carboxylic acids is 2. The molecule has 0 bridgehead atoms. The molecule has 0 amide bonds. The summed E-state index contributed by atoms with van der Waals surface area (Å²) in [7, 11) is 0. The Morgan fingerprint density at radius 3 is 2.46 bits per heavy atom. The van der Waals surface area contributed by atoms with Crippen molar-refractivity contribution in [3.8, 4) is 0 Å². The third-order valence-electron chi connectivity index (χ3n) is 2.75. The van der Waals surface area contributed by atoms with Crippen molar-refractivity contribution < 1.29 is 24.5 Å². The third-order valence-corrected chi connectivity index (χ3v) is 2.75. The molecule has 0 aromatic carbocycles. The summed E-state index contributed by atoms with van der Waals surface area (Å²) in [5, 5.41) is 17.4. The number of rotatable bonds is 2. The van der Waals surface area contributed by atoms with Crippen LogP contribution in [0.3, 0.4) is 0 Å². The average molecular weight is 187 g/mol. The van der Waals surface area contributed by atoms with Gasteiger partial charge in [-0.05, 0) is 0 Å². The van der Waals surface area contributed by atoms with Crippen LogP contribution >= 0.6 is 0 Å². The van der Waals surface area contributed by atoms with Crippen LogP contribution in [0.25, 0.3) is 0 Å². The van der Waals surface area contributed by atoms with E-state index in [1.54, 1.807) is 0 Å². The quantitative estimate of drug-likeness (QED) is 0.485. The maximum absolute atomic E-state index is 10.7. The zero-order valence-electron chi connectivity index (χ0n) is 6.64. The Morgan fingerprint density at radius 2 is 2.08 bits per heavy atom. The lowest BCUT2D eigenvalue weighted by atomic mass is 9.95. The first-order chi connectivity index (χ1) is 5.98. The van der Waals surface area contributed by atoms with Crippen LogP contribution in [0, 0.1) is 11.8 Å². The minimum absolute atomic E-state index is 0.0958. The van der Waals surface area contributed by atoms with Crippen LogP contribution < -0.4 is 5.73 Å². The van der Waals surface area contributed by atoms with Crippen LogP contribution in [-0.4, -0.2) is 40.4 Å². The second kappa shape index (κ2) is 2.21. The minimum atomic E-state index is -1.51. The smallest absolute Gasteiger partial charge is 0.326 e. The highest BCUT2D eigenvalue weighted by atomic mass is 16.5. The number of ether oxygens (including phenoxy) is 1. The van der Waals surface area contributed by atoms with Crippen LogP contribution in [0.4, 0.5) is 0 Å². The second-order valence-electron chi connectivity index (χ2n) is 3.51. The average Bonchev–Trinajstić information content (AvgIpc) is 2.66. The van der Waals surface area contributed by atoms with E-state index in [0.717, 1.165) is 0 Å². The van der Waals surface area contributed by atoms with Gasteiger partial charge in [0.2, 0.25) is 0 Å². The van der Waals surface area contributed by atoms with Crippen molar-refractivity contribution in [1.82, 2.24) is 0 Å². The molecule has 0 unspecified atom stereocenters. The highest BCUT2D eigenvalue weighted by Gasteiger charge is 2.72. The van der Waals surface area contributed by atoms with Crippen molar-refractivity contribution in [3.63, 3.8) is 0 Å². The first-order valence-corrected chi connectivity index (χ1v) is 3.85. The minimum Gasteiger partial charge on any atom is -0.481 e. The van der Waals surface area contributed by atoms with Gasteiger partial charge < -0.3 is 20.7 Å². The summed E-state index contributed by atoms with van der Waals surface area (Å²) in [6.07, 6.45) is -0.501. The molecule has 1 aliphatic heterocycles. The fraction of sp³-hybridized carbons (Fsp3) is 0.714. The van der Waals surface area contributed by atoms with E-state index in [-0.39, 0.29) is 6.61 Å². The van der Waals surface area contributed by atoms with Gasteiger partial charge in [0.05, 0.1) is 18.6 Å². The molecule has 6 heteroatoms. The van der Waals surface area contributed by atoms with Gasteiger partial charge in [-0.15, -0.1) is 0 Å². The molecule has 4 atom stereocenters. The molecule has 2 aliphatic rings. The fourth-order valence-electron chi connectivity index (χ4n) is 1.93. The molecule has 1 heterocycles. The van der Waals surface area contributed by atoms with E-state index in [4.69, 9.17) is 20.7 Å². The maximum Gasteiger partial charge on any atom is 0.326 e. The molecule has 0 aromatic heterocycles. The SMILES string of the molecule is N[C@]1(C(=O)O)CO[C@H]2[C@@H](C(=O)O)[C@@H]21. The van der Waals surface area contributed by atoms with Crippen molar-refractivity contribution in [1.29, 1.82) is 0 Å². The summed E-state index contributed by atoms with van der Waals surface area (Å²) < 4.78 is 4.99. The molecule has 1 saturated carbocycles. The summed E-state index contributed by atoms with van der Waals surface area (Å²) in [6.45, 7) is -0.0958. The standard InChI is InChI=1S/C7H9NO5/c8-7(6(11)12)1-13-4-2(3(4)7)5(9)10/h2-4H,1,8H2,(H,9,10)(H,11,12)/t2-,3-,4-,7+/m0/s1. The molecule has 1 aliphatic carbocycles. The van der Waals surface area contributed by atoms with Gasteiger partial charge in [-0.2, -0.15) is 0 Å². The highest BCUT2D eigenvalue weighted by molar-refractivity contribution is 5.85. The van der Waals surface area contributed by atoms with Crippen molar-refractivity contribution in [2.75, 3.05) is 6.61 Å². The van der Waals surface area contributed by atoms with Gasteiger partial charge in [0.25, 0.3) is 0 Å². The van der Waals surface area contributed by atoms with Crippen LogP contribution in [0.2, 0.25) is 0 Å². The molecule has 1 saturated heterocycles. The van der Waals surface area contributed by atoms with Gasteiger partial charge >= 0.3 is 11.9 Å². The van der Waals surface area contributed by atoms with E-state index in [9.17, 15) is 9.59 Å². The molecule has 2 rings (SSSR count). The molecule has 0 radical (unpaired) electrons. The number of hydrogen-bond donors (Lipinski definition) is 3. The van der Waals surface area contributed by atoms with Gasteiger partial charge in [0.15, 0.2) is 0 Å². The largest absolute Gasteiger partial charge is 0.481 e. The summed E-state index contributed by atoms with van der Waals surface area (Å²) in [4.78, 5) is 21.3. The van der Waals surface area contributed by atoms with Gasteiger partial charge in [0.1, 0.15) is 5.54 Å². The number of hydrogen-bond acceptors (Lipinski definition) is 4. The van der Waals surface area contributed by atoms with Crippen LogP contribution in [-0.2, 0) is 14.3 Å². The molecule has 0 spiro atoms. The molecular weight excluding hydrogens is 178 g/mol. The number of fused-ring (bicyclic) bond motifs is 1. The molecule has 72 valence electrons. The predicted octanol–water partition coefficient (Wildman–Crippen LogP) is -1.50. The Morgan fingerprint density at radius 1 is 1.46 bits per heavy atom. The van der Waals surface area contributed by atoms with Crippen molar-refractivity contribution >= 4 is 11.9 Å². The zero-order chi connectivity index (χ0) is 9.80. The lowest BCUT2D eigenvalue weighted by Crippen LogP contribution is -2.52. The van der Waals surface area contributed by atoms with E-state index in [1.807, 2.05) is 0 Å². The van der Waals surface area contributed by atoms with Crippen LogP contribution in [0.15, 0.2) is 0 Å². The Hall–Kier alpha value is -1.14. The van der Waals surface area contributed by atoms with E-state index in [2.05, 4.69) is 0 Å². The molecule has 0 aromatic rings. The van der Waals surface area contributed by atoms with E-state index in [0.29, 0.717) is 0 Å². The van der Waals surface area contributed by atoms with E-state index < -0.39 is 35.4 Å². The van der Waals surface area contributed by atoms with Crippen molar-refractivity contribution in [2.24, 2.45) is 17.6 Å². The Labute approximate surface area is 73.3 Å². The normalized spacial score (nSPS) is 47.0. The number of aliphatic carboxylic acids is 2. The monoisotopic (exact) mass is 187 g/mol. The third kappa shape index (κ3) is 0.895. The lowest BCUT2D eigenvalue weighted by molar-refractivity contribution is -0.147. The fourth-order valence-corrected chi connectivity index (χ4v) is 1.93. The lowest BCUT2D eigenvalue weighted by Gasteiger charge is -2.19. The Balaban J connectivity index is 2.20. The van der Waals surface area contributed by atoms with Crippen molar-refractivity contribution in [2.45, 2.75) is 11.6 Å². The molecular formula is C7H9NO5. The van der Waals surface area contributed by atoms with Crippen LogP contribution in [0.1, 0.15) is 0 Å². The second-order valence-corrected chi connectivity index (χ2v) is 3.51. The predicted molar refractivity (Wildman–Crippen MR) is 38.9 cm³/mol. The summed E-state index contributed by atoms with van der Waals surface area (Å²) >= 11 is 0. The highest BCUT2D eigenvalue weighted by Crippen LogP contribution is 2.53.